The van der Waals surface area contributed by atoms with Crippen LogP contribution in [0.1, 0.15) is 62.5 Å². The molecule has 29 heavy (non-hydrogen) atoms. The molecule has 1 heterocycles. The average Bonchev–Trinajstić information content (AvgIpc) is 2.62. The molecule has 3 fully saturated rings. The van der Waals surface area contributed by atoms with E-state index in [-0.39, 0.29) is 28.9 Å². The number of hydrogen-bond acceptors (Lipinski definition) is 3. The number of halogens is 3. The monoisotopic (exact) mass is 411 g/mol. The fraction of sp³-hybridized carbons (Fsp3) is 0.682. The maximum Gasteiger partial charge on any atom is 0.419 e. The van der Waals surface area contributed by atoms with Crippen LogP contribution in [-0.2, 0) is 11.0 Å². The lowest BCUT2D eigenvalue weighted by atomic mass is 9.63. The molecule has 7 heteroatoms. The number of aliphatic hydroxyl groups is 1. The first kappa shape index (κ1) is 20.5. The molecule has 160 valence electrons. The molecule has 1 aromatic carbocycles. The molecule has 0 aromatic heterocycles. The number of hydrogen-bond donors (Lipinski definition) is 1. The summed E-state index contributed by atoms with van der Waals surface area (Å²) in [5, 5.41) is 9.84. The topological polar surface area (TPSA) is 49.8 Å². The fourth-order valence-electron chi connectivity index (χ4n) is 5.43. The summed E-state index contributed by atoms with van der Waals surface area (Å²) >= 11 is 0. The highest BCUT2D eigenvalue weighted by Gasteiger charge is 2.51. The van der Waals surface area contributed by atoms with Gasteiger partial charge in [-0.05, 0) is 69.1 Å². The molecular weight excluding hydrogens is 383 g/mol. The number of nitrogens with zero attached hydrogens (tertiary/aromatic N) is 1. The van der Waals surface area contributed by atoms with E-state index in [0.29, 0.717) is 12.8 Å². The standard InChI is InChI=1S/C22H28F3NO3/c1-20(28)10-16(11-20)19(27)26-12-21(13-26)7-5-14(6-8-21)15-3-4-18(29-2)17(9-15)22(23,24)25/h3-4,9,14,16,28H,5-8,10-13H2,1-2H3/t16-,20+. The zero-order valence-corrected chi connectivity index (χ0v) is 16.9. The van der Waals surface area contributed by atoms with Gasteiger partial charge in [0, 0.05) is 24.4 Å². The first-order valence-corrected chi connectivity index (χ1v) is 10.3. The van der Waals surface area contributed by atoms with Crippen molar-refractivity contribution in [3.8, 4) is 5.75 Å². The van der Waals surface area contributed by atoms with Crippen molar-refractivity contribution in [3.63, 3.8) is 0 Å². The lowest BCUT2D eigenvalue weighted by Gasteiger charge is -2.55. The predicted molar refractivity (Wildman–Crippen MR) is 102 cm³/mol. The minimum absolute atomic E-state index is 0.0567. The van der Waals surface area contributed by atoms with Crippen molar-refractivity contribution in [1.29, 1.82) is 0 Å². The van der Waals surface area contributed by atoms with E-state index < -0.39 is 17.3 Å². The van der Waals surface area contributed by atoms with Gasteiger partial charge >= 0.3 is 6.18 Å². The van der Waals surface area contributed by atoms with E-state index in [1.807, 2.05) is 4.90 Å². The van der Waals surface area contributed by atoms with Crippen LogP contribution in [0.2, 0.25) is 0 Å². The summed E-state index contributed by atoms with van der Waals surface area (Å²) in [7, 11) is 1.25. The Morgan fingerprint density at radius 3 is 2.34 bits per heavy atom. The predicted octanol–water partition coefficient (Wildman–Crippen LogP) is 4.36. The number of benzene rings is 1. The number of carbonyl (C=O) groups excluding carboxylic acids is 1. The summed E-state index contributed by atoms with van der Waals surface area (Å²) in [6.07, 6.45) is 0.174. The summed E-state index contributed by atoms with van der Waals surface area (Å²) in [6, 6.07) is 4.40. The van der Waals surface area contributed by atoms with Crippen molar-refractivity contribution in [1.82, 2.24) is 4.90 Å². The summed E-state index contributed by atoms with van der Waals surface area (Å²) in [5.74, 6) is 0.0591. The van der Waals surface area contributed by atoms with E-state index in [9.17, 15) is 23.1 Å². The lowest BCUT2D eigenvalue weighted by molar-refractivity contribution is -0.163. The summed E-state index contributed by atoms with van der Waals surface area (Å²) in [4.78, 5) is 14.4. The van der Waals surface area contributed by atoms with E-state index >= 15 is 0 Å². The zero-order valence-electron chi connectivity index (χ0n) is 16.9. The Morgan fingerprint density at radius 1 is 1.21 bits per heavy atom. The second-order valence-corrected chi connectivity index (χ2v) is 9.53. The first-order chi connectivity index (χ1) is 13.5. The Labute approximate surface area is 169 Å². The largest absolute Gasteiger partial charge is 0.496 e. The molecular formula is C22H28F3NO3. The van der Waals surface area contributed by atoms with E-state index in [2.05, 4.69) is 0 Å². The third kappa shape index (κ3) is 3.86. The van der Waals surface area contributed by atoms with Gasteiger partial charge in [-0.25, -0.2) is 0 Å². The third-order valence-corrected chi connectivity index (χ3v) is 7.13. The molecule has 1 saturated heterocycles. The van der Waals surface area contributed by atoms with Crippen LogP contribution in [0.5, 0.6) is 5.75 Å². The second kappa shape index (κ2) is 6.89. The Hall–Kier alpha value is -1.76. The Balaban J connectivity index is 1.34. The SMILES string of the molecule is COc1ccc(C2CCC3(CC2)CN(C(=O)[C@H]2C[C@@](C)(O)C2)C3)cc1C(F)(F)F. The molecule has 3 aliphatic rings. The molecule has 2 aliphatic carbocycles. The summed E-state index contributed by atoms with van der Waals surface area (Å²) in [5.41, 5.74) is -0.571. The zero-order chi connectivity index (χ0) is 21.0. The van der Waals surface area contributed by atoms with Crippen LogP contribution in [0.4, 0.5) is 13.2 Å². The molecule has 4 rings (SSSR count). The van der Waals surface area contributed by atoms with Gasteiger partial charge in [0.15, 0.2) is 0 Å². The van der Waals surface area contributed by atoms with Crippen molar-refractivity contribution in [2.24, 2.45) is 11.3 Å². The van der Waals surface area contributed by atoms with Crippen molar-refractivity contribution in [2.45, 2.75) is 63.1 Å². The Bertz CT molecular complexity index is 781. The maximum absolute atomic E-state index is 13.3. The van der Waals surface area contributed by atoms with Gasteiger partial charge in [-0.3, -0.25) is 4.79 Å². The molecule has 1 N–H and O–H groups in total. The lowest BCUT2D eigenvalue weighted by Crippen LogP contribution is -2.62. The molecule has 1 spiro atoms. The van der Waals surface area contributed by atoms with Crippen LogP contribution in [0, 0.1) is 11.3 Å². The van der Waals surface area contributed by atoms with Crippen molar-refractivity contribution in [2.75, 3.05) is 20.2 Å². The Morgan fingerprint density at radius 2 is 1.83 bits per heavy atom. The molecule has 0 atom stereocenters. The third-order valence-electron chi connectivity index (χ3n) is 7.13. The smallest absolute Gasteiger partial charge is 0.419 e. The van der Waals surface area contributed by atoms with E-state index in [1.54, 1.807) is 13.0 Å². The van der Waals surface area contributed by atoms with Gasteiger partial charge in [0.05, 0.1) is 18.3 Å². The molecule has 1 amide bonds. The molecule has 0 bridgehead atoms. The number of rotatable bonds is 3. The molecule has 4 nitrogen and oxygen atoms in total. The van der Waals surface area contributed by atoms with Gasteiger partial charge in [-0.15, -0.1) is 0 Å². The Kier molecular flexibility index (Phi) is 4.88. The van der Waals surface area contributed by atoms with Gasteiger partial charge in [0.1, 0.15) is 5.75 Å². The van der Waals surface area contributed by atoms with Gasteiger partial charge < -0.3 is 14.7 Å². The maximum atomic E-state index is 13.3. The van der Waals surface area contributed by atoms with Crippen molar-refractivity contribution < 1.29 is 27.8 Å². The summed E-state index contributed by atoms with van der Waals surface area (Å²) < 4.78 is 44.8. The normalized spacial score (nSPS) is 29.3. The van der Waals surface area contributed by atoms with Gasteiger partial charge in [0.25, 0.3) is 0 Å². The van der Waals surface area contributed by atoms with Crippen LogP contribution >= 0.6 is 0 Å². The van der Waals surface area contributed by atoms with E-state index in [0.717, 1.165) is 44.3 Å². The highest BCUT2D eigenvalue weighted by Crippen LogP contribution is 2.50. The molecule has 0 unspecified atom stereocenters. The quantitative estimate of drug-likeness (QED) is 0.804. The molecule has 1 aliphatic heterocycles. The first-order valence-electron chi connectivity index (χ1n) is 10.3. The minimum Gasteiger partial charge on any atom is -0.496 e. The minimum atomic E-state index is -4.43. The number of likely N-dealkylation sites (tertiary alicyclic amines) is 1. The van der Waals surface area contributed by atoms with Crippen molar-refractivity contribution >= 4 is 5.91 Å². The van der Waals surface area contributed by atoms with Gasteiger partial charge in [0.2, 0.25) is 5.91 Å². The fourth-order valence-corrected chi connectivity index (χ4v) is 5.43. The van der Waals surface area contributed by atoms with E-state index in [1.165, 1.54) is 19.2 Å². The number of methoxy groups -OCH3 is 1. The highest BCUT2D eigenvalue weighted by molar-refractivity contribution is 5.81. The molecule has 1 aromatic rings. The van der Waals surface area contributed by atoms with Crippen LogP contribution in [0.3, 0.4) is 0 Å². The van der Waals surface area contributed by atoms with Crippen LogP contribution in [-0.4, -0.2) is 41.7 Å². The average molecular weight is 411 g/mol. The number of ether oxygens (including phenoxy) is 1. The second-order valence-electron chi connectivity index (χ2n) is 9.53. The number of amides is 1. The number of carbonyl (C=O) groups is 1. The van der Waals surface area contributed by atoms with Crippen molar-refractivity contribution in [3.05, 3.63) is 29.3 Å². The summed E-state index contributed by atoms with van der Waals surface area (Å²) in [6.45, 7) is 3.25. The molecule has 0 radical (unpaired) electrons. The highest BCUT2D eigenvalue weighted by atomic mass is 19.4. The number of alkyl halides is 3. The van der Waals surface area contributed by atoms with Gasteiger partial charge in [-0.2, -0.15) is 13.2 Å². The van der Waals surface area contributed by atoms with Crippen LogP contribution in [0.25, 0.3) is 0 Å². The van der Waals surface area contributed by atoms with Crippen LogP contribution < -0.4 is 4.74 Å². The van der Waals surface area contributed by atoms with Crippen LogP contribution in [0.15, 0.2) is 18.2 Å². The molecule has 2 saturated carbocycles. The van der Waals surface area contributed by atoms with Gasteiger partial charge in [-0.1, -0.05) is 6.07 Å². The van der Waals surface area contributed by atoms with E-state index in [4.69, 9.17) is 4.74 Å².